The van der Waals surface area contributed by atoms with Crippen LogP contribution in [0.5, 0.6) is 5.75 Å². The first-order valence-electron chi connectivity index (χ1n) is 9.66. The Morgan fingerprint density at radius 2 is 1.63 bits per heavy atom. The van der Waals surface area contributed by atoms with Crippen molar-refractivity contribution in [3.63, 3.8) is 0 Å². The fraction of sp³-hybridized carbons (Fsp3) is 0.409. The minimum Gasteiger partial charge on any atom is -0.492 e. The van der Waals surface area contributed by atoms with Gasteiger partial charge >= 0.3 is 0 Å². The fourth-order valence-electron chi connectivity index (χ4n) is 2.66. The molecule has 5 heteroatoms. The maximum Gasteiger partial charge on any atom is 0.137 e. The predicted octanol–water partition coefficient (Wildman–Crippen LogP) is 7.57. The standard InChI is InChI=1S/C22H28Cl2N2O/c1-2-3-4-5-6-7-8-15-27-22-14-9-18(16-21(22)24)17-25-26-20-12-10-19(23)11-13-20/h9-14,16-17,26H,2-8,15H2,1H3/b25-17+. The Kier molecular flexibility index (Phi) is 10.1. The number of benzene rings is 2. The monoisotopic (exact) mass is 406 g/mol. The van der Waals surface area contributed by atoms with Crippen LogP contribution in [0.1, 0.15) is 57.4 Å². The number of nitrogens with one attached hydrogen (secondary N) is 1. The molecule has 0 saturated heterocycles. The molecule has 0 aliphatic rings. The van der Waals surface area contributed by atoms with Crippen LogP contribution in [0.15, 0.2) is 47.6 Å². The lowest BCUT2D eigenvalue weighted by molar-refractivity contribution is 0.304. The second-order valence-corrected chi connectivity index (χ2v) is 7.38. The average Bonchev–Trinajstić information content (AvgIpc) is 2.67. The third-order valence-electron chi connectivity index (χ3n) is 4.21. The highest BCUT2D eigenvalue weighted by molar-refractivity contribution is 6.32. The second-order valence-electron chi connectivity index (χ2n) is 6.54. The summed E-state index contributed by atoms with van der Waals surface area (Å²) in [5.74, 6) is 0.727. The Bertz CT molecular complexity index is 702. The number of nitrogens with zero attached hydrogens (tertiary/aromatic N) is 1. The first-order valence-corrected chi connectivity index (χ1v) is 10.4. The molecule has 0 aliphatic carbocycles. The van der Waals surface area contributed by atoms with Crippen molar-refractivity contribution in [1.82, 2.24) is 0 Å². The Morgan fingerprint density at radius 3 is 2.33 bits per heavy atom. The lowest BCUT2D eigenvalue weighted by Gasteiger charge is -2.08. The third kappa shape index (κ3) is 8.68. The van der Waals surface area contributed by atoms with E-state index in [-0.39, 0.29) is 0 Å². The Balaban J connectivity index is 1.71. The molecule has 0 aromatic heterocycles. The van der Waals surface area contributed by atoms with E-state index in [0.717, 1.165) is 23.4 Å². The molecule has 0 aliphatic heterocycles. The molecule has 146 valence electrons. The fourth-order valence-corrected chi connectivity index (χ4v) is 3.03. The number of ether oxygens (including phenoxy) is 1. The largest absolute Gasteiger partial charge is 0.492 e. The van der Waals surface area contributed by atoms with Gasteiger partial charge < -0.3 is 4.74 Å². The summed E-state index contributed by atoms with van der Waals surface area (Å²) < 4.78 is 5.80. The predicted molar refractivity (Wildman–Crippen MR) is 118 cm³/mol. The van der Waals surface area contributed by atoms with Crippen LogP contribution in [-0.4, -0.2) is 12.8 Å². The minimum absolute atomic E-state index is 0.605. The molecule has 1 N–H and O–H groups in total. The Morgan fingerprint density at radius 1 is 0.926 bits per heavy atom. The molecule has 2 rings (SSSR count). The average molecular weight is 407 g/mol. The van der Waals surface area contributed by atoms with Crippen molar-refractivity contribution in [1.29, 1.82) is 0 Å². The van der Waals surface area contributed by atoms with Crippen molar-refractivity contribution in [2.45, 2.75) is 51.9 Å². The van der Waals surface area contributed by atoms with Gasteiger partial charge in [0.2, 0.25) is 0 Å². The maximum absolute atomic E-state index is 6.32. The summed E-state index contributed by atoms with van der Waals surface area (Å²) in [5, 5.41) is 5.51. The Hall–Kier alpha value is -1.71. The molecular formula is C22H28Cl2N2O. The van der Waals surface area contributed by atoms with E-state index in [1.165, 1.54) is 38.5 Å². The Labute approximate surface area is 172 Å². The maximum atomic E-state index is 6.32. The number of rotatable bonds is 12. The van der Waals surface area contributed by atoms with Gasteiger partial charge in [-0.05, 0) is 54.4 Å². The molecule has 3 nitrogen and oxygen atoms in total. The highest BCUT2D eigenvalue weighted by Gasteiger charge is 2.02. The van der Waals surface area contributed by atoms with Gasteiger partial charge in [0.25, 0.3) is 0 Å². The molecule has 0 fully saturated rings. The molecule has 0 saturated carbocycles. The van der Waals surface area contributed by atoms with Crippen LogP contribution in [0, 0.1) is 0 Å². The minimum atomic E-state index is 0.605. The number of hydrogen-bond acceptors (Lipinski definition) is 3. The molecule has 27 heavy (non-hydrogen) atoms. The SMILES string of the molecule is CCCCCCCCCOc1ccc(/C=N/Nc2ccc(Cl)cc2)cc1Cl. The molecule has 0 atom stereocenters. The van der Waals surface area contributed by atoms with E-state index < -0.39 is 0 Å². The van der Waals surface area contributed by atoms with E-state index in [1.54, 1.807) is 6.21 Å². The zero-order valence-corrected chi connectivity index (χ0v) is 17.4. The van der Waals surface area contributed by atoms with E-state index in [0.29, 0.717) is 16.7 Å². The molecule has 2 aromatic rings. The summed E-state index contributed by atoms with van der Waals surface area (Å²) in [6.07, 6.45) is 10.6. The molecule has 0 heterocycles. The van der Waals surface area contributed by atoms with Gasteiger partial charge in [-0.1, -0.05) is 68.7 Å². The van der Waals surface area contributed by atoms with E-state index >= 15 is 0 Å². The first kappa shape index (κ1) is 21.6. The van der Waals surface area contributed by atoms with Crippen LogP contribution in [-0.2, 0) is 0 Å². The van der Waals surface area contributed by atoms with Gasteiger partial charge in [-0.3, -0.25) is 5.43 Å². The molecular weight excluding hydrogens is 379 g/mol. The normalized spacial score (nSPS) is 11.1. The quantitative estimate of drug-likeness (QED) is 0.224. The van der Waals surface area contributed by atoms with Crippen molar-refractivity contribution >= 4 is 35.1 Å². The zero-order chi connectivity index (χ0) is 19.3. The molecule has 0 radical (unpaired) electrons. The van der Waals surface area contributed by atoms with Crippen molar-refractivity contribution in [3.05, 3.63) is 58.1 Å². The number of hydrazone groups is 1. The number of hydrogen-bond donors (Lipinski definition) is 1. The summed E-state index contributed by atoms with van der Waals surface area (Å²) in [4.78, 5) is 0. The molecule has 0 amide bonds. The van der Waals surface area contributed by atoms with Crippen LogP contribution in [0.25, 0.3) is 0 Å². The summed E-state index contributed by atoms with van der Waals surface area (Å²) >= 11 is 12.2. The number of anilines is 1. The van der Waals surface area contributed by atoms with Crippen molar-refractivity contribution in [2.24, 2.45) is 5.10 Å². The second kappa shape index (κ2) is 12.6. The summed E-state index contributed by atoms with van der Waals surface area (Å²) in [6.45, 7) is 2.95. The lowest BCUT2D eigenvalue weighted by atomic mass is 10.1. The van der Waals surface area contributed by atoms with Gasteiger partial charge in [0.05, 0.1) is 23.5 Å². The number of halogens is 2. The van der Waals surface area contributed by atoms with Crippen LogP contribution in [0.4, 0.5) is 5.69 Å². The topological polar surface area (TPSA) is 33.6 Å². The van der Waals surface area contributed by atoms with Gasteiger partial charge in [0.15, 0.2) is 0 Å². The van der Waals surface area contributed by atoms with E-state index in [4.69, 9.17) is 27.9 Å². The highest BCUT2D eigenvalue weighted by Crippen LogP contribution is 2.25. The van der Waals surface area contributed by atoms with E-state index in [9.17, 15) is 0 Å². The molecule has 0 spiro atoms. The first-order chi connectivity index (χ1) is 13.2. The zero-order valence-electron chi connectivity index (χ0n) is 15.9. The van der Waals surface area contributed by atoms with Crippen LogP contribution in [0.3, 0.4) is 0 Å². The molecule has 0 bridgehead atoms. The molecule has 2 aromatic carbocycles. The van der Waals surface area contributed by atoms with Gasteiger partial charge in [-0.2, -0.15) is 5.10 Å². The number of unbranched alkanes of at least 4 members (excludes halogenated alkanes) is 6. The van der Waals surface area contributed by atoms with Crippen LogP contribution in [0.2, 0.25) is 10.0 Å². The van der Waals surface area contributed by atoms with E-state index in [1.807, 2.05) is 42.5 Å². The van der Waals surface area contributed by atoms with Gasteiger partial charge in [0.1, 0.15) is 5.75 Å². The lowest BCUT2D eigenvalue weighted by Crippen LogP contribution is -1.98. The van der Waals surface area contributed by atoms with E-state index in [2.05, 4.69) is 17.5 Å². The summed E-state index contributed by atoms with van der Waals surface area (Å²) in [6, 6.07) is 13.1. The van der Waals surface area contributed by atoms with Crippen molar-refractivity contribution in [2.75, 3.05) is 12.0 Å². The molecule has 0 unspecified atom stereocenters. The van der Waals surface area contributed by atoms with Gasteiger partial charge in [0, 0.05) is 5.02 Å². The van der Waals surface area contributed by atoms with Gasteiger partial charge in [-0.25, -0.2) is 0 Å². The smallest absolute Gasteiger partial charge is 0.137 e. The van der Waals surface area contributed by atoms with Gasteiger partial charge in [-0.15, -0.1) is 0 Å². The van der Waals surface area contributed by atoms with Crippen molar-refractivity contribution in [3.8, 4) is 5.75 Å². The summed E-state index contributed by atoms with van der Waals surface area (Å²) in [5.41, 5.74) is 4.74. The third-order valence-corrected chi connectivity index (χ3v) is 4.76. The van der Waals surface area contributed by atoms with Crippen molar-refractivity contribution < 1.29 is 4.74 Å². The van der Waals surface area contributed by atoms with Crippen LogP contribution >= 0.6 is 23.2 Å². The highest BCUT2D eigenvalue weighted by atomic mass is 35.5. The summed E-state index contributed by atoms with van der Waals surface area (Å²) in [7, 11) is 0. The van der Waals surface area contributed by atoms with Crippen LogP contribution < -0.4 is 10.2 Å².